The number of rotatable bonds is 5. The monoisotopic (exact) mass is 265 g/mol. The average molecular weight is 265 g/mol. The molecule has 0 amide bonds. The Morgan fingerprint density at radius 1 is 1.53 bits per heavy atom. The first-order valence-electron chi connectivity index (χ1n) is 4.99. The van der Waals surface area contributed by atoms with Gasteiger partial charge in [-0.25, -0.2) is 4.98 Å². The van der Waals surface area contributed by atoms with Crippen LogP contribution in [0.1, 0.15) is 10.4 Å². The second kappa shape index (κ2) is 5.84. The molecule has 0 saturated heterocycles. The molecule has 0 saturated carbocycles. The van der Waals surface area contributed by atoms with Crippen molar-refractivity contribution in [2.45, 2.75) is 4.34 Å². The summed E-state index contributed by atoms with van der Waals surface area (Å²) in [6.07, 6.45) is 1.74. The maximum atomic E-state index is 11.9. The van der Waals surface area contributed by atoms with Gasteiger partial charge in [-0.05, 0) is 12.1 Å². The van der Waals surface area contributed by atoms with Crippen LogP contribution in [0, 0.1) is 0 Å². The van der Waals surface area contributed by atoms with Crippen LogP contribution in [-0.2, 0) is 0 Å². The van der Waals surface area contributed by atoms with Crippen molar-refractivity contribution in [2.24, 2.45) is 0 Å². The van der Waals surface area contributed by atoms with Crippen LogP contribution in [0.2, 0.25) is 0 Å². The van der Waals surface area contributed by atoms with Crippen molar-refractivity contribution in [3.8, 4) is 5.75 Å². The number of ether oxygens (including phenoxy) is 1. The minimum absolute atomic E-state index is 0.0871. The summed E-state index contributed by atoms with van der Waals surface area (Å²) in [5, 5.41) is 1.90. The maximum absolute atomic E-state index is 11.9. The molecule has 0 aliphatic rings. The first-order chi connectivity index (χ1) is 8.29. The Morgan fingerprint density at radius 2 is 2.41 bits per heavy atom. The number of thiazole rings is 1. The zero-order valence-electron chi connectivity index (χ0n) is 9.25. The van der Waals surface area contributed by atoms with Gasteiger partial charge in [-0.2, -0.15) is 0 Å². The molecule has 1 heterocycles. The molecule has 0 N–H and O–H groups in total. The summed E-state index contributed by atoms with van der Waals surface area (Å²) in [7, 11) is 1.59. The molecule has 0 unspecified atom stereocenters. The van der Waals surface area contributed by atoms with Gasteiger partial charge in [0.05, 0.1) is 12.9 Å². The Morgan fingerprint density at radius 3 is 3.12 bits per heavy atom. The predicted molar refractivity (Wildman–Crippen MR) is 70.2 cm³/mol. The van der Waals surface area contributed by atoms with Crippen molar-refractivity contribution in [1.29, 1.82) is 0 Å². The summed E-state index contributed by atoms with van der Waals surface area (Å²) < 4.78 is 6.00. The zero-order valence-corrected chi connectivity index (χ0v) is 10.9. The average Bonchev–Trinajstić information content (AvgIpc) is 2.89. The molecule has 2 aromatic rings. The lowest BCUT2D eigenvalue weighted by molar-refractivity contribution is 0.102. The number of hydrogen-bond donors (Lipinski definition) is 0. The van der Waals surface area contributed by atoms with E-state index in [9.17, 15) is 4.79 Å². The van der Waals surface area contributed by atoms with E-state index in [1.807, 2.05) is 17.5 Å². The van der Waals surface area contributed by atoms with Gasteiger partial charge in [-0.1, -0.05) is 23.9 Å². The zero-order chi connectivity index (χ0) is 12.1. The van der Waals surface area contributed by atoms with Crippen LogP contribution < -0.4 is 4.74 Å². The van der Waals surface area contributed by atoms with Gasteiger partial charge in [0.2, 0.25) is 0 Å². The Bertz CT molecular complexity index is 497. The van der Waals surface area contributed by atoms with Crippen molar-refractivity contribution in [3.05, 3.63) is 41.4 Å². The molecule has 88 valence electrons. The number of carbonyl (C=O) groups excluding carboxylic acids is 1. The molecular formula is C12H11NO2S2. The van der Waals surface area contributed by atoms with E-state index in [1.54, 1.807) is 36.8 Å². The smallest absolute Gasteiger partial charge is 0.173 e. The SMILES string of the molecule is COc1cccc(C(=O)CSc2nccs2)c1. The van der Waals surface area contributed by atoms with E-state index in [2.05, 4.69) is 4.98 Å². The van der Waals surface area contributed by atoms with Gasteiger partial charge in [0.1, 0.15) is 10.1 Å². The number of hydrogen-bond acceptors (Lipinski definition) is 5. The summed E-state index contributed by atoms with van der Waals surface area (Å²) in [6, 6.07) is 7.20. The number of carbonyl (C=O) groups is 1. The van der Waals surface area contributed by atoms with Gasteiger partial charge < -0.3 is 4.74 Å². The van der Waals surface area contributed by atoms with Crippen LogP contribution in [0.4, 0.5) is 0 Å². The normalized spacial score (nSPS) is 10.2. The van der Waals surface area contributed by atoms with Gasteiger partial charge in [0.25, 0.3) is 0 Å². The molecule has 0 atom stereocenters. The summed E-state index contributed by atoms with van der Waals surface area (Å²) in [6.45, 7) is 0. The fourth-order valence-electron chi connectivity index (χ4n) is 1.29. The van der Waals surface area contributed by atoms with E-state index >= 15 is 0 Å². The Kier molecular flexibility index (Phi) is 4.17. The van der Waals surface area contributed by atoms with Crippen molar-refractivity contribution in [3.63, 3.8) is 0 Å². The van der Waals surface area contributed by atoms with Crippen LogP contribution in [0.5, 0.6) is 5.75 Å². The number of Topliss-reactive ketones (excluding diaryl/α,β-unsaturated/α-hetero) is 1. The third-order valence-electron chi connectivity index (χ3n) is 2.13. The highest BCUT2D eigenvalue weighted by Crippen LogP contribution is 2.22. The summed E-state index contributed by atoms with van der Waals surface area (Å²) >= 11 is 3.00. The topological polar surface area (TPSA) is 39.2 Å². The Labute approximate surface area is 108 Å². The highest BCUT2D eigenvalue weighted by molar-refractivity contribution is 8.01. The quantitative estimate of drug-likeness (QED) is 0.615. The lowest BCUT2D eigenvalue weighted by atomic mass is 10.1. The molecule has 0 bridgehead atoms. The number of aromatic nitrogens is 1. The number of methoxy groups -OCH3 is 1. The summed E-state index contributed by atoms with van der Waals surface area (Å²) in [5.74, 6) is 1.19. The van der Waals surface area contributed by atoms with E-state index in [1.165, 1.54) is 11.8 Å². The molecule has 2 rings (SSSR count). The third kappa shape index (κ3) is 3.31. The van der Waals surface area contributed by atoms with Crippen molar-refractivity contribution >= 4 is 28.9 Å². The first-order valence-corrected chi connectivity index (χ1v) is 6.85. The predicted octanol–water partition coefficient (Wildman–Crippen LogP) is 3.13. The van der Waals surface area contributed by atoms with E-state index in [4.69, 9.17) is 4.74 Å². The van der Waals surface area contributed by atoms with Gasteiger partial charge in [-0.3, -0.25) is 4.79 Å². The molecule has 1 aromatic carbocycles. The first kappa shape index (κ1) is 12.1. The van der Waals surface area contributed by atoms with E-state index < -0.39 is 0 Å². The van der Waals surface area contributed by atoms with Crippen LogP contribution >= 0.6 is 23.1 Å². The standard InChI is InChI=1S/C12H11NO2S2/c1-15-10-4-2-3-9(7-10)11(14)8-17-12-13-5-6-16-12/h2-7H,8H2,1H3. The second-order valence-corrected chi connectivity index (χ2v) is 5.36. The fraction of sp³-hybridized carbons (Fsp3) is 0.167. The van der Waals surface area contributed by atoms with E-state index in [0.29, 0.717) is 17.1 Å². The van der Waals surface area contributed by atoms with Crippen LogP contribution in [0.15, 0.2) is 40.2 Å². The number of benzene rings is 1. The lowest BCUT2D eigenvalue weighted by Crippen LogP contribution is -2.02. The molecule has 1 aromatic heterocycles. The summed E-state index contributed by atoms with van der Waals surface area (Å²) in [4.78, 5) is 16.0. The van der Waals surface area contributed by atoms with Gasteiger partial charge >= 0.3 is 0 Å². The molecule has 0 aliphatic carbocycles. The largest absolute Gasteiger partial charge is 0.497 e. The highest BCUT2D eigenvalue weighted by Gasteiger charge is 2.08. The molecule has 0 aliphatic heterocycles. The van der Waals surface area contributed by atoms with Crippen LogP contribution in [-0.4, -0.2) is 23.6 Å². The molecule has 3 nitrogen and oxygen atoms in total. The van der Waals surface area contributed by atoms with Gasteiger partial charge in [-0.15, -0.1) is 11.3 Å². The molecule has 0 fully saturated rings. The Hall–Kier alpha value is -1.33. The second-order valence-electron chi connectivity index (χ2n) is 3.24. The number of thioether (sulfide) groups is 1. The van der Waals surface area contributed by atoms with Crippen molar-refractivity contribution < 1.29 is 9.53 Å². The fourth-order valence-corrected chi connectivity index (χ4v) is 2.82. The van der Waals surface area contributed by atoms with E-state index in [-0.39, 0.29) is 5.78 Å². The molecule has 5 heteroatoms. The van der Waals surface area contributed by atoms with E-state index in [0.717, 1.165) is 4.34 Å². The minimum Gasteiger partial charge on any atom is -0.497 e. The van der Waals surface area contributed by atoms with Crippen molar-refractivity contribution in [2.75, 3.05) is 12.9 Å². The van der Waals surface area contributed by atoms with Crippen LogP contribution in [0.25, 0.3) is 0 Å². The molecule has 0 radical (unpaired) electrons. The number of nitrogens with zero attached hydrogens (tertiary/aromatic N) is 1. The minimum atomic E-state index is 0.0871. The summed E-state index contributed by atoms with van der Waals surface area (Å²) in [5.41, 5.74) is 0.674. The highest BCUT2D eigenvalue weighted by atomic mass is 32.2. The maximum Gasteiger partial charge on any atom is 0.173 e. The lowest BCUT2D eigenvalue weighted by Gasteiger charge is -2.02. The number of ketones is 1. The van der Waals surface area contributed by atoms with Crippen LogP contribution in [0.3, 0.4) is 0 Å². The Balaban J connectivity index is 1.99. The molecular weight excluding hydrogens is 254 g/mol. The van der Waals surface area contributed by atoms with Crippen molar-refractivity contribution in [1.82, 2.24) is 4.98 Å². The molecule has 0 spiro atoms. The third-order valence-corrected chi connectivity index (χ3v) is 4.09. The van der Waals surface area contributed by atoms with Gasteiger partial charge in [0, 0.05) is 17.1 Å². The van der Waals surface area contributed by atoms with Gasteiger partial charge in [0.15, 0.2) is 5.78 Å². The molecule has 17 heavy (non-hydrogen) atoms.